The third kappa shape index (κ3) is 2.87. The second-order valence-electron chi connectivity index (χ2n) is 5.16. The molecule has 0 unspecified atom stereocenters. The van der Waals surface area contributed by atoms with E-state index in [1.54, 1.807) is 12.1 Å². The number of benzene rings is 2. The minimum Gasteiger partial charge on any atom is -0.486 e. The Balaban J connectivity index is 1.93. The molecule has 1 heterocycles. The average molecular weight is 281 g/mol. The summed E-state index contributed by atoms with van der Waals surface area (Å²) in [5.41, 5.74) is 3.85. The number of hydrogen-bond acceptors (Lipinski definition) is 2. The van der Waals surface area contributed by atoms with Crippen LogP contribution in [0, 0.1) is 19.7 Å². The molecule has 0 bridgehead atoms. The highest BCUT2D eigenvalue weighted by Crippen LogP contribution is 2.23. The van der Waals surface area contributed by atoms with Crippen LogP contribution in [-0.4, -0.2) is 4.98 Å². The van der Waals surface area contributed by atoms with Gasteiger partial charge in [-0.2, -0.15) is 0 Å². The van der Waals surface area contributed by atoms with Gasteiger partial charge in [-0.15, -0.1) is 0 Å². The number of para-hydroxylation sites is 1. The van der Waals surface area contributed by atoms with E-state index in [0.717, 1.165) is 27.7 Å². The molecule has 2 aromatic carbocycles. The van der Waals surface area contributed by atoms with Gasteiger partial charge in [0.1, 0.15) is 6.61 Å². The molecule has 0 radical (unpaired) electrons. The highest BCUT2D eigenvalue weighted by atomic mass is 19.1. The number of fused-ring (bicyclic) bond motifs is 1. The molecule has 0 aliphatic carbocycles. The van der Waals surface area contributed by atoms with Crippen LogP contribution in [-0.2, 0) is 6.61 Å². The number of pyridine rings is 1. The lowest BCUT2D eigenvalue weighted by atomic mass is 10.1. The summed E-state index contributed by atoms with van der Waals surface area (Å²) < 4.78 is 19.4. The number of rotatable bonds is 3. The molecule has 3 rings (SSSR count). The zero-order chi connectivity index (χ0) is 14.8. The molecule has 0 saturated carbocycles. The van der Waals surface area contributed by atoms with Crippen LogP contribution >= 0.6 is 0 Å². The van der Waals surface area contributed by atoms with Crippen molar-refractivity contribution in [3.05, 3.63) is 71.2 Å². The molecule has 0 amide bonds. The first kappa shape index (κ1) is 13.6. The highest BCUT2D eigenvalue weighted by molar-refractivity contribution is 5.82. The first-order chi connectivity index (χ1) is 10.1. The Morgan fingerprint density at radius 1 is 1.05 bits per heavy atom. The highest BCUT2D eigenvalue weighted by Gasteiger charge is 2.07. The standard InChI is InChI=1S/C18H16FNO/c1-12-7-8-16(19)18(9-12)21-11-14-10-13(2)20-17-6-4-3-5-15(14)17/h3-10H,11H2,1-2H3. The van der Waals surface area contributed by atoms with Crippen molar-refractivity contribution in [2.45, 2.75) is 20.5 Å². The van der Waals surface area contributed by atoms with Crippen LogP contribution in [0.25, 0.3) is 10.9 Å². The fourth-order valence-corrected chi connectivity index (χ4v) is 2.39. The summed E-state index contributed by atoms with van der Waals surface area (Å²) in [5, 5.41) is 1.04. The van der Waals surface area contributed by atoms with Crippen molar-refractivity contribution in [3.8, 4) is 5.75 Å². The van der Waals surface area contributed by atoms with Gasteiger partial charge in [0.25, 0.3) is 0 Å². The summed E-state index contributed by atoms with van der Waals surface area (Å²) in [4.78, 5) is 4.49. The fraction of sp³-hybridized carbons (Fsp3) is 0.167. The van der Waals surface area contributed by atoms with Crippen molar-refractivity contribution in [3.63, 3.8) is 0 Å². The molecule has 0 spiro atoms. The third-order valence-corrected chi connectivity index (χ3v) is 3.40. The predicted molar refractivity (Wildman–Crippen MR) is 81.9 cm³/mol. The van der Waals surface area contributed by atoms with E-state index in [0.29, 0.717) is 6.61 Å². The normalized spacial score (nSPS) is 10.8. The Morgan fingerprint density at radius 2 is 1.86 bits per heavy atom. The Morgan fingerprint density at radius 3 is 2.71 bits per heavy atom. The van der Waals surface area contributed by atoms with Crippen molar-refractivity contribution < 1.29 is 9.13 Å². The van der Waals surface area contributed by atoms with Crippen LogP contribution < -0.4 is 4.74 Å². The van der Waals surface area contributed by atoms with Crippen molar-refractivity contribution >= 4 is 10.9 Å². The summed E-state index contributed by atoms with van der Waals surface area (Å²) in [6, 6.07) is 14.8. The molecule has 0 atom stereocenters. The van der Waals surface area contributed by atoms with Gasteiger partial charge in [-0.3, -0.25) is 4.98 Å². The molecular formula is C18H16FNO. The maximum Gasteiger partial charge on any atom is 0.165 e. The molecule has 0 aliphatic heterocycles. The predicted octanol–water partition coefficient (Wildman–Crippen LogP) is 4.57. The van der Waals surface area contributed by atoms with Crippen molar-refractivity contribution in [1.82, 2.24) is 4.98 Å². The molecule has 0 aliphatic rings. The summed E-state index contributed by atoms with van der Waals surface area (Å²) in [6.45, 7) is 4.19. The molecule has 1 aromatic heterocycles. The van der Waals surface area contributed by atoms with Gasteiger partial charge in [-0.05, 0) is 43.7 Å². The lowest BCUT2D eigenvalue weighted by Gasteiger charge is -2.11. The smallest absolute Gasteiger partial charge is 0.165 e. The molecule has 106 valence electrons. The average Bonchev–Trinajstić information content (AvgIpc) is 2.47. The summed E-state index contributed by atoms with van der Waals surface area (Å²) in [7, 11) is 0. The van der Waals surface area contributed by atoms with Crippen LogP contribution in [0.3, 0.4) is 0 Å². The number of halogens is 1. The maximum atomic E-state index is 13.7. The third-order valence-electron chi connectivity index (χ3n) is 3.40. The molecule has 0 N–H and O–H groups in total. The fourth-order valence-electron chi connectivity index (χ4n) is 2.39. The zero-order valence-electron chi connectivity index (χ0n) is 12.1. The molecular weight excluding hydrogens is 265 g/mol. The van der Waals surface area contributed by atoms with E-state index in [4.69, 9.17) is 4.74 Å². The minimum atomic E-state index is -0.337. The van der Waals surface area contributed by atoms with Gasteiger partial charge < -0.3 is 4.74 Å². The van der Waals surface area contributed by atoms with E-state index in [1.165, 1.54) is 6.07 Å². The van der Waals surface area contributed by atoms with Crippen LogP contribution in [0.5, 0.6) is 5.75 Å². The number of aryl methyl sites for hydroxylation is 2. The second-order valence-corrected chi connectivity index (χ2v) is 5.16. The molecule has 3 aromatic rings. The number of nitrogens with zero attached hydrogens (tertiary/aromatic N) is 1. The number of ether oxygens (including phenoxy) is 1. The summed E-state index contributed by atoms with van der Waals surface area (Å²) in [6.07, 6.45) is 0. The Kier molecular flexibility index (Phi) is 3.57. The quantitative estimate of drug-likeness (QED) is 0.701. The van der Waals surface area contributed by atoms with Gasteiger partial charge in [-0.25, -0.2) is 4.39 Å². The lowest BCUT2D eigenvalue weighted by molar-refractivity contribution is 0.291. The van der Waals surface area contributed by atoms with Crippen LogP contribution in [0.2, 0.25) is 0 Å². The van der Waals surface area contributed by atoms with E-state index >= 15 is 0 Å². The van der Waals surface area contributed by atoms with Crippen molar-refractivity contribution in [2.75, 3.05) is 0 Å². The molecule has 2 nitrogen and oxygen atoms in total. The van der Waals surface area contributed by atoms with E-state index < -0.39 is 0 Å². The zero-order valence-corrected chi connectivity index (χ0v) is 12.1. The minimum absolute atomic E-state index is 0.286. The van der Waals surface area contributed by atoms with Crippen molar-refractivity contribution in [1.29, 1.82) is 0 Å². The SMILES string of the molecule is Cc1ccc(F)c(OCc2cc(C)nc3ccccc23)c1. The Labute approximate surface area is 123 Å². The largest absolute Gasteiger partial charge is 0.486 e. The molecule has 0 fully saturated rings. The Hall–Kier alpha value is -2.42. The van der Waals surface area contributed by atoms with Crippen LogP contribution in [0.15, 0.2) is 48.5 Å². The van der Waals surface area contributed by atoms with Gasteiger partial charge in [0, 0.05) is 16.6 Å². The molecule has 3 heteroatoms. The van der Waals surface area contributed by atoms with Crippen molar-refractivity contribution in [2.24, 2.45) is 0 Å². The first-order valence-corrected chi connectivity index (χ1v) is 6.88. The Bertz CT molecular complexity index is 798. The van der Waals surface area contributed by atoms with Crippen LogP contribution in [0.1, 0.15) is 16.8 Å². The van der Waals surface area contributed by atoms with Crippen LogP contribution in [0.4, 0.5) is 4.39 Å². The summed E-state index contributed by atoms with van der Waals surface area (Å²) >= 11 is 0. The first-order valence-electron chi connectivity index (χ1n) is 6.88. The maximum absolute atomic E-state index is 13.7. The van der Waals surface area contributed by atoms with E-state index in [2.05, 4.69) is 4.98 Å². The van der Waals surface area contributed by atoms with Gasteiger partial charge in [0.05, 0.1) is 5.52 Å². The van der Waals surface area contributed by atoms with E-state index in [-0.39, 0.29) is 11.6 Å². The second kappa shape index (κ2) is 5.52. The number of aromatic nitrogens is 1. The number of hydrogen-bond donors (Lipinski definition) is 0. The molecule has 0 saturated heterocycles. The van der Waals surface area contributed by atoms with E-state index in [9.17, 15) is 4.39 Å². The monoisotopic (exact) mass is 281 g/mol. The van der Waals surface area contributed by atoms with Gasteiger partial charge >= 0.3 is 0 Å². The van der Waals surface area contributed by atoms with Gasteiger partial charge in [-0.1, -0.05) is 24.3 Å². The summed E-state index contributed by atoms with van der Waals surface area (Å²) in [5.74, 6) is -0.0516. The topological polar surface area (TPSA) is 22.1 Å². The van der Waals surface area contributed by atoms with E-state index in [1.807, 2.05) is 44.2 Å². The van der Waals surface area contributed by atoms with Gasteiger partial charge in [0.15, 0.2) is 11.6 Å². The lowest BCUT2D eigenvalue weighted by Crippen LogP contribution is -2.00. The van der Waals surface area contributed by atoms with Gasteiger partial charge in [0.2, 0.25) is 0 Å². The molecule has 21 heavy (non-hydrogen) atoms.